The van der Waals surface area contributed by atoms with Crippen molar-refractivity contribution in [2.45, 2.75) is 321 Å². The minimum atomic E-state index is -4.57. The summed E-state index contributed by atoms with van der Waals surface area (Å²) in [6, 6.07) is -0.795. The zero-order valence-electron chi connectivity index (χ0n) is 45.2. The lowest BCUT2D eigenvalue weighted by Gasteiger charge is -2.30. The fraction of sp³-hybridized carbons (Fsp3) is 0.982. The molecule has 0 aliphatic carbocycles. The maximum Gasteiger partial charge on any atom is 0.268 e. The molecule has 0 saturated heterocycles. The summed E-state index contributed by atoms with van der Waals surface area (Å²) < 4.78 is 23.4. The molecule has 1 amide bonds. The van der Waals surface area contributed by atoms with Crippen LogP contribution in [0.1, 0.15) is 309 Å². The zero-order chi connectivity index (χ0) is 48.5. The SMILES string of the molecule is CCCCCCCCCCCCCCCCCCCCCCCCCC(O)C(COP(=O)([O-])OCC[N+](C)(C)C)NC(=O)CCCCCCCCCCCCCCCCCCCCCCC. The summed E-state index contributed by atoms with van der Waals surface area (Å²) in [6.07, 6.45) is 58.5. The van der Waals surface area contributed by atoms with Crippen molar-refractivity contribution >= 4 is 13.7 Å². The number of nitrogens with zero attached hydrogens (tertiary/aromatic N) is 1. The molecule has 0 fully saturated rings. The fourth-order valence-electron chi connectivity index (χ4n) is 9.22. The Hall–Kier alpha value is -0.500. The third-order valence-electron chi connectivity index (χ3n) is 13.8. The van der Waals surface area contributed by atoms with Crippen molar-refractivity contribution in [2.75, 3.05) is 40.9 Å². The summed E-state index contributed by atoms with van der Waals surface area (Å²) >= 11 is 0. The molecule has 0 aromatic rings. The highest BCUT2D eigenvalue weighted by atomic mass is 31.2. The molecule has 9 heteroatoms. The van der Waals surface area contributed by atoms with Gasteiger partial charge in [0.1, 0.15) is 13.2 Å². The number of aliphatic hydroxyl groups is 1. The highest BCUT2D eigenvalue weighted by Crippen LogP contribution is 2.38. The number of carbonyl (C=O) groups is 1. The van der Waals surface area contributed by atoms with Gasteiger partial charge in [0.15, 0.2) is 0 Å². The molecule has 0 bridgehead atoms. The van der Waals surface area contributed by atoms with Crippen molar-refractivity contribution in [3.8, 4) is 0 Å². The maximum atomic E-state index is 13.0. The molecular weight excluding hydrogens is 840 g/mol. The van der Waals surface area contributed by atoms with Crippen LogP contribution in [0.4, 0.5) is 0 Å². The number of likely N-dealkylation sites (N-methyl/N-ethyl adjacent to an activating group) is 1. The fourth-order valence-corrected chi connectivity index (χ4v) is 9.94. The van der Waals surface area contributed by atoms with E-state index in [-0.39, 0.29) is 19.1 Å². The Morgan fingerprint density at radius 3 is 1.03 bits per heavy atom. The van der Waals surface area contributed by atoms with E-state index in [0.717, 1.165) is 38.5 Å². The van der Waals surface area contributed by atoms with Crippen LogP contribution in [0.15, 0.2) is 0 Å². The zero-order valence-corrected chi connectivity index (χ0v) is 46.1. The van der Waals surface area contributed by atoms with Gasteiger partial charge in [-0.1, -0.05) is 290 Å². The molecule has 396 valence electrons. The average Bonchev–Trinajstić information content (AvgIpc) is 3.28. The van der Waals surface area contributed by atoms with E-state index in [2.05, 4.69) is 19.2 Å². The topological polar surface area (TPSA) is 108 Å². The van der Waals surface area contributed by atoms with Crippen LogP contribution in [-0.2, 0) is 18.4 Å². The Kier molecular flexibility index (Phi) is 49.1. The number of amides is 1. The number of unbranched alkanes of at least 4 members (excludes halogenated alkanes) is 42. The molecule has 3 unspecified atom stereocenters. The van der Waals surface area contributed by atoms with Gasteiger partial charge in [0.05, 0.1) is 39.9 Å². The summed E-state index contributed by atoms with van der Waals surface area (Å²) in [5.74, 6) is -0.156. The molecule has 0 aliphatic heterocycles. The van der Waals surface area contributed by atoms with E-state index in [0.29, 0.717) is 23.9 Å². The molecule has 3 atom stereocenters. The van der Waals surface area contributed by atoms with Crippen molar-refractivity contribution in [3.05, 3.63) is 0 Å². The molecule has 0 aromatic heterocycles. The van der Waals surface area contributed by atoms with Gasteiger partial charge in [-0.05, 0) is 12.8 Å². The molecule has 0 aromatic carbocycles. The minimum Gasteiger partial charge on any atom is -0.756 e. The van der Waals surface area contributed by atoms with Crippen molar-refractivity contribution < 1.29 is 32.9 Å². The van der Waals surface area contributed by atoms with Crippen LogP contribution < -0.4 is 10.2 Å². The number of carbonyl (C=O) groups excluding carboxylic acids is 1. The van der Waals surface area contributed by atoms with Gasteiger partial charge in [-0.2, -0.15) is 0 Å². The number of rotatable bonds is 55. The van der Waals surface area contributed by atoms with E-state index in [9.17, 15) is 19.4 Å². The largest absolute Gasteiger partial charge is 0.756 e. The number of phosphoric acid groups is 1. The van der Waals surface area contributed by atoms with Crippen LogP contribution in [0.2, 0.25) is 0 Å². The molecular formula is C57H117N2O6P. The van der Waals surface area contributed by atoms with Crippen LogP contribution in [-0.4, -0.2) is 68.5 Å². The Morgan fingerprint density at radius 1 is 0.470 bits per heavy atom. The Balaban J connectivity index is 4.12. The van der Waals surface area contributed by atoms with Crippen LogP contribution in [0, 0.1) is 0 Å². The smallest absolute Gasteiger partial charge is 0.268 e. The maximum absolute atomic E-state index is 13.0. The van der Waals surface area contributed by atoms with Crippen molar-refractivity contribution in [3.63, 3.8) is 0 Å². The standard InChI is InChI=1S/C57H117N2O6P/c1-6-8-10-12-14-16-18-20-22-24-26-28-29-31-32-34-36-38-40-42-44-46-48-50-56(60)55(54-65-66(62,63)64-53-52-59(3,4)5)58-57(61)51-49-47-45-43-41-39-37-35-33-30-27-25-23-21-19-17-15-13-11-9-7-2/h55-56,60H,6-54H2,1-5H3,(H-,58,61,62,63). The summed E-state index contributed by atoms with van der Waals surface area (Å²) in [6.45, 7) is 4.78. The number of hydrogen-bond donors (Lipinski definition) is 2. The van der Waals surface area contributed by atoms with Gasteiger partial charge >= 0.3 is 0 Å². The van der Waals surface area contributed by atoms with Gasteiger partial charge in [0, 0.05) is 6.42 Å². The predicted molar refractivity (Wildman–Crippen MR) is 284 cm³/mol. The first-order chi connectivity index (χ1) is 32.0. The van der Waals surface area contributed by atoms with E-state index >= 15 is 0 Å². The number of hydrogen-bond acceptors (Lipinski definition) is 6. The molecule has 0 heterocycles. The van der Waals surface area contributed by atoms with Crippen LogP contribution >= 0.6 is 7.82 Å². The lowest BCUT2D eigenvalue weighted by molar-refractivity contribution is -0.870. The molecule has 0 aliphatic rings. The van der Waals surface area contributed by atoms with Gasteiger partial charge < -0.3 is 28.8 Å². The third kappa shape index (κ3) is 51.4. The van der Waals surface area contributed by atoms with E-state index in [4.69, 9.17) is 9.05 Å². The lowest BCUT2D eigenvalue weighted by atomic mass is 10.0. The average molecular weight is 958 g/mol. The Bertz CT molecular complexity index is 1040. The second-order valence-electron chi connectivity index (χ2n) is 21.7. The van der Waals surface area contributed by atoms with Crippen LogP contribution in [0.25, 0.3) is 0 Å². The normalized spacial score (nSPS) is 13.9. The summed E-state index contributed by atoms with van der Waals surface area (Å²) in [4.78, 5) is 25.5. The van der Waals surface area contributed by atoms with Crippen molar-refractivity contribution in [1.82, 2.24) is 5.32 Å². The second-order valence-corrected chi connectivity index (χ2v) is 23.1. The summed E-state index contributed by atoms with van der Waals surface area (Å²) in [5.41, 5.74) is 0. The highest BCUT2D eigenvalue weighted by Gasteiger charge is 2.24. The van der Waals surface area contributed by atoms with Crippen LogP contribution in [0.5, 0.6) is 0 Å². The van der Waals surface area contributed by atoms with E-state index in [1.165, 1.54) is 244 Å². The third-order valence-corrected chi connectivity index (χ3v) is 14.8. The quantitative estimate of drug-likeness (QED) is 0.0357. The number of quaternary nitrogens is 1. The molecule has 8 nitrogen and oxygen atoms in total. The van der Waals surface area contributed by atoms with Gasteiger partial charge in [0.2, 0.25) is 5.91 Å². The Morgan fingerprint density at radius 2 is 0.742 bits per heavy atom. The second kappa shape index (κ2) is 49.5. The van der Waals surface area contributed by atoms with E-state index < -0.39 is 20.0 Å². The van der Waals surface area contributed by atoms with E-state index in [1.54, 1.807) is 0 Å². The first-order valence-electron chi connectivity index (χ1n) is 29.4. The number of phosphoric ester groups is 1. The highest BCUT2D eigenvalue weighted by molar-refractivity contribution is 7.45. The summed E-state index contributed by atoms with van der Waals surface area (Å²) in [5, 5.41) is 14.0. The number of nitrogens with one attached hydrogen (secondary N) is 1. The molecule has 0 rings (SSSR count). The molecule has 66 heavy (non-hydrogen) atoms. The van der Waals surface area contributed by atoms with Gasteiger partial charge in [-0.25, -0.2) is 0 Å². The minimum absolute atomic E-state index is 0.0167. The monoisotopic (exact) mass is 957 g/mol. The lowest BCUT2D eigenvalue weighted by Crippen LogP contribution is -2.46. The summed E-state index contributed by atoms with van der Waals surface area (Å²) in [7, 11) is 1.33. The van der Waals surface area contributed by atoms with E-state index in [1.807, 2.05) is 21.1 Å². The van der Waals surface area contributed by atoms with Crippen molar-refractivity contribution in [2.24, 2.45) is 0 Å². The molecule has 2 N–H and O–H groups in total. The van der Waals surface area contributed by atoms with Crippen LogP contribution in [0.3, 0.4) is 0 Å². The molecule has 0 radical (unpaired) electrons. The first-order valence-corrected chi connectivity index (χ1v) is 30.8. The molecule has 0 saturated carbocycles. The van der Waals surface area contributed by atoms with Gasteiger partial charge in [-0.15, -0.1) is 0 Å². The van der Waals surface area contributed by atoms with Crippen molar-refractivity contribution in [1.29, 1.82) is 0 Å². The van der Waals surface area contributed by atoms with Gasteiger partial charge in [-0.3, -0.25) is 9.36 Å². The Labute approximate surface area is 412 Å². The van der Waals surface area contributed by atoms with Gasteiger partial charge in [0.25, 0.3) is 7.82 Å². The molecule has 0 spiro atoms. The predicted octanol–water partition coefficient (Wildman–Crippen LogP) is 17.0. The first kappa shape index (κ1) is 65.5. The number of aliphatic hydroxyl groups excluding tert-OH is 1.